The molecule has 15 heavy (non-hydrogen) atoms. The van der Waals surface area contributed by atoms with Crippen molar-refractivity contribution in [1.29, 1.82) is 0 Å². The van der Waals surface area contributed by atoms with Crippen LogP contribution in [0.2, 0.25) is 0 Å². The van der Waals surface area contributed by atoms with Crippen LogP contribution in [0.5, 0.6) is 0 Å². The highest BCUT2D eigenvalue weighted by molar-refractivity contribution is 5.10. The molecule has 0 spiro atoms. The highest BCUT2D eigenvalue weighted by Gasteiger charge is 2.60. The molecule has 2 rings (SSSR count). The summed E-state index contributed by atoms with van der Waals surface area (Å²) in [7, 11) is 0. The van der Waals surface area contributed by atoms with Gasteiger partial charge >= 0.3 is 0 Å². The third kappa shape index (κ3) is 1.84. The van der Waals surface area contributed by atoms with Crippen LogP contribution in [0.15, 0.2) is 0 Å². The molecular formula is C14H27N. The van der Waals surface area contributed by atoms with Gasteiger partial charge in [-0.3, -0.25) is 0 Å². The highest BCUT2D eigenvalue weighted by Crippen LogP contribution is 2.68. The predicted molar refractivity (Wildman–Crippen MR) is 65.6 cm³/mol. The molecule has 0 amide bonds. The van der Waals surface area contributed by atoms with Crippen LogP contribution in [0.25, 0.3) is 0 Å². The predicted octanol–water partition coefficient (Wildman–Crippen LogP) is 3.58. The second-order valence-electron chi connectivity index (χ2n) is 7.08. The van der Waals surface area contributed by atoms with Crippen molar-refractivity contribution < 1.29 is 0 Å². The van der Waals surface area contributed by atoms with Crippen LogP contribution in [0.3, 0.4) is 0 Å². The van der Waals surface area contributed by atoms with Crippen LogP contribution in [-0.2, 0) is 0 Å². The van der Waals surface area contributed by atoms with Gasteiger partial charge in [0.15, 0.2) is 0 Å². The maximum Gasteiger partial charge on any atom is 0.00673 e. The Morgan fingerprint density at radius 2 is 1.93 bits per heavy atom. The summed E-state index contributed by atoms with van der Waals surface area (Å²) < 4.78 is 0. The topological polar surface area (TPSA) is 26.0 Å². The zero-order chi connectivity index (χ0) is 11.3. The summed E-state index contributed by atoms with van der Waals surface area (Å²) in [6.45, 7) is 9.59. The zero-order valence-corrected chi connectivity index (χ0v) is 10.8. The van der Waals surface area contributed by atoms with Crippen molar-refractivity contribution in [2.24, 2.45) is 28.4 Å². The molecule has 0 heterocycles. The van der Waals surface area contributed by atoms with E-state index in [4.69, 9.17) is 5.73 Å². The lowest BCUT2D eigenvalue weighted by molar-refractivity contribution is 0.149. The maximum absolute atomic E-state index is 6.27. The normalized spacial score (nSPS) is 46.6. The van der Waals surface area contributed by atoms with E-state index in [9.17, 15) is 0 Å². The fourth-order valence-electron chi connectivity index (χ4n) is 3.80. The molecule has 2 aliphatic carbocycles. The molecule has 0 bridgehead atoms. The Morgan fingerprint density at radius 3 is 2.53 bits per heavy atom. The minimum Gasteiger partial charge on any atom is -0.327 e. The summed E-state index contributed by atoms with van der Waals surface area (Å²) >= 11 is 0. The largest absolute Gasteiger partial charge is 0.327 e. The standard InChI is InChI=1S/C14H27N/c1-10-6-5-7-14(13(2,3)4)9-11(14)8-12(10)15/h10-12H,5-9,15H2,1-4H3/t10-,11?,12?,14?/m1/s1. The van der Waals surface area contributed by atoms with Crippen LogP contribution in [0.1, 0.15) is 59.8 Å². The van der Waals surface area contributed by atoms with Gasteiger partial charge in [-0.1, -0.05) is 34.1 Å². The molecule has 2 saturated carbocycles. The minimum atomic E-state index is 0.458. The van der Waals surface area contributed by atoms with Crippen LogP contribution < -0.4 is 5.73 Å². The van der Waals surface area contributed by atoms with E-state index in [-0.39, 0.29) is 0 Å². The Balaban J connectivity index is 2.09. The van der Waals surface area contributed by atoms with E-state index in [1.54, 1.807) is 0 Å². The van der Waals surface area contributed by atoms with Crippen molar-refractivity contribution in [3.05, 3.63) is 0 Å². The van der Waals surface area contributed by atoms with E-state index in [2.05, 4.69) is 27.7 Å². The van der Waals surface area contributed by atoms with Crippen LogP contribution in [0.4, 0.5) is 0 Å². The summed E-state index contributed by atoms with van der Waals surface area (Å²) in [5.74, 6) is 1.67. The second-order valence-corrected chi connectivity index (χ2v) is 7.08. The van der Waals surface area contributed by atoms with Crippen molar-refractivity contribution in [2.45, 2.75) is 65.8 Å². The molecule has 2 fully saturated rings. The Hall–Kier alpha value is -0.0400. The Labute approximate surface area is 94.8 Å². The van der Waals surface area contributed by atoms with Gasteiger partial charge < -0.3 is 5.73 Å². The van der Waals surface area contributed by atoms with E-state index < -0.39 is 0 Å². The highest BCUT2D eigenvalue weighted by atomic mass is 14.7. The summed E-state index contributed by atoms with van der Waals surface area (Å²) in [4.78, 5) is 0. The number of hydrogen-bond acceptors (Lipinski definition) is 1. The quantitative estimate of drug-likeness (QED) is 0.648. The monoisotopic (exact) mass is 209 g/mol. The van der Waals surface area contributed by atoms with E-state index in [1.165, 1.54) is 32.1 Å². The van der Waals surface area contributed by atoms with Gasteiger partial charge in [-0.05, 0) is 48.3 Å². The summed E-state index contributed by atoms with van der Waals surface area (Å²) in [5, 5.41) is 0. The molecule has 2 aliphatic rings. The molecule has 3 unspecified atom stereocenters. The van der Waals surface area contributed by atoms with Crippen LogP contribution >= 0.6 is 0 Å². The molecule has 88 valence electrons. The first-order chi connectivity index (χ1) is 6.87. The number of hydrogen-bond donors (Lipinski definition) is 1. The van der Waals surface area contributed by atoms with E-state index in [0.717, 1.165) is 11.8 Å². The van der Waals surface area contributed by atoms with Crippen molar-refractivity contribution >= 4 is 0 Å². The molecule has 0 saturated heterocycles. The number of fused-ring (bicyclic) bond motifs is 1. The van der Waals surface area contributed by atoms with Crippen molar-refractivity contribution in [2.75, 3.05) is 0 Å². The lowest BCUT2D eigenvalue weighted by atomic mass is 9.70. The molecule has 0 aromatic rings. The fourth-order valence-corrected chi connectivity index (χ4v) is 3.80. The summed E-state index contributed by atoms with van der Waals surface area (Å²) in [5.41, 5.74) is 7.39. The molecule has 1 nitrogen and oxygen atoms in total. The lowest BCUT2D eigenvalue weighted by Crippen LogP contribution is -2.34. The minimum absolute atomic E-state index is 0.458. The first-order valence-corrected chi connectivity index (χ1v) is 6.62. The number of rotatable bonds is 0. The van der Waals surface area contributed by atoms with Gasteiger partial charge in [0.2, 0.25) is 0 Å². The third-order valence-corrected chi connectivity index (χ3v) is 5.30. The van der Waals surface area contributed by atoms with Gasteiger partial charge in [0.1, 0.15) is 0 Å². The van der Waals surface area contributed by atoms with E-state index in [1.807, 2.05) is 0 Å². The fraction of sp³-hybridized carbons (Fsp3) is 1.00. The van der Waals surface area contributed by atoms with Crippen molar-refractivity contribution in [3.8, 4) is 0 Å². The van der Waals surface area contributed by atoms with E-state index in [0.29, 0.717) is 16.9 Å². The molecule has 0 radical (unpaired) electrons. The summed E-state index contributed by atoms with van der Waals surface area (Å²) in [6.07, 6.45) is 6.89. The van der Waals surface area contributed by atoms with Gasteiger partial charge in [0.05, 0.1) is 0 Å². The molecule has 0 aliphatic heterocycles. The summed E-state index contributed by atoms with van der Waals surface area (Å²) in [6, 6.07) is 0.458. The molecular weight excluding hydrogens is 182 g/mol. The maximum atomic E-state index is 6.27. The molecule has 1 heteroatoms. The molecule has 2 N–H and O–H groups in total. The third-order valence-electron chi connectivity index (χ3n) is 5.30. The second kappa shape index (κ2) is 3.48. The first-order valence-electron chi connectivity index (χ1n) is 6.62. The van der Waals surface area contributed by atoms with Crippen molar-refractivity contribution in [1.82, 2.24) is 0 Å². The van der Waals surface area contributed by atoms with Gasteiger partial charge in [-0.15, -0.1) is 0 Å². The van der Waals surface area contributed by atoms with Gasteiger partial charge in [0, 0.05) is 6.04 Å². The Morgan fingerprint density at radius 1 is 1.27 bits per heavy atom. The van der Waals surface area contributed by atoms with E-state index >= 15 is 0 Å². The molecule has 4 atom stereocenters. The van der Waals surface area contributed by atoms with Crippen LogP contribution in [0, 0.1) is 22.7 Å². The average molecular weight is 209 g/mol. The smallest absolute Gasteiger partial charge is 0.00673 e. The van der Waals surface area contributed by atoms with Gasteiger partial charge in [-0.2, -0.15) is 0 Å². The van der Waals surface area contributed by atoms with Gasteiger partial charge in [0.25, 0.3) is 0 Å². The lowest BCUT2D eigenvalue weighted by Gasteiger charge is -2.36. The molecule has 0 aromatic heterocycles. The first kappa shape index (κ1) is 11.4. The van der Waals surface area contributed by atoms with Crippen molar-refractivity contribution in [3.63, 3.8) is 0 Å². The molecule has 0 aromatic carbocycles. The zero-order valence-electron chi connectivity index (χ0n) is 10.8. The average Bonchev–Trinajstić information content (AvgIpc) is 2.76. The Kier molecular flexibility index (Phi) is 2.65. The van der Waals surface area contributed by atoms with Gasteiger partial charge in [-0.25, -0.2) is 0 Å². The Bertz CT molecular complexity index is 240. The SMILES string of the molecule is C[C@@H]1CCCC2(C(C)(C)C)CC2CC1N. The van der Waals surface area contributed by atoms with Crippen LogP contribution in [-0.4, -0.2) is 6.04 Å². The number of nitrogens with two attached hydrogens (primary N) is 1.